The van der Waals surface area contributed by atoms with Crippen molar-refractivity contribution >= 4 is 11.8 Å². The van der Waals surface area contributed by atoms with Crippen molar-refractivity contribution in [3.8, 4) is 11.3 Å². The molecule has 0 bridgehead atoms. The average Bonchev–Trinajstić information content (AvgIpc) is 3.23. The average molecular weight is 397 g/mol. The lowest BCUT2D eigenvalue weighted by molar-refractivity contribution is -0.137. The van der Waals surface area contributed by atoms with Gasteiger partial charge in [-0.2, -0.15) is 0 Å². The van der Waals surface area contributed by atoms with Crippen LogP contribution in [-0.4, -0.2) is 35.8 Å². The van der Waals surface area contributed by atoms with Crippen LogP contribution in [0.2, 0.25) is 0 Å². The minimum absolute atomic E-state index is 0.0485. The van der Waals surface area contributed by atoms with Crippen molar-refractivity contribution in [1.29, 1.82) is 0 Å². The zero-order chi connectivity index (χ0) is 20.6. The van der Waals surface area contributed by atoms with Crippen LogP contribution in [0.15, 0.2) is 46.9 Å². The van der Waals surface area contributed by atoms with E-state index in [9.17, 15) is 9.59 Å². The summed E-state index contributed by atoms with van der Waals surface area (Å²) in [5, 5.41) is 3.13. The third kappa shape index (κ3) is 5.72. The molecule has 1 N–H and O–H groups in total. The highest BCUT2D eigenvalue weighted by molar-refractivity contribution is 5.79. The number of nitrogens with zero attached hydrogens (tertiary/aromatic N) is 1. The van der Waals surface area contributed by atoms with Crippen LogP contribution >= 0.6 is 0 Å². The molecule has 1 aromatic heterocycles. The number of nitrogens with one attached hydrogen (secondary N) is 1. The number of benzene rings is 1. The predicted molar refractivity (Wildman–Crippen MR) is 114 cm³/mol. The van der Waals surface area contributed by atoms with Gasteiger partial charge in [-0.1, -0.05) is 44.2 Å². The van der Waals surface area contributed by atoms with Gasteiger partial charge in [-0.25, -0.2) is 0 Å². The van der Waals surface area contributed by atoms with Crippen molar-refractivity contribution in [2.24, 2.45) is 5.92 Å². The number of hydrogen-bond donors (Lipinski definition) is 1. The molecule has 3 rings (SSSR count). The summed E-state index contributed by atoms with van der Waals surface area (Å²) in [6.45, 7) is 5.61. The van der Waals surface area contributed by atoms with E-state index in [1.54, 1.807) is 0 Å². The quantitative estimate of drug-likeness (QED) is 0.718. The molecule has 0 aliphatic carbocycles. The molecule has 5 nitrogen and oxygen atoms in total. The molecular weight excluding hydrogens is 364 g/mol. The molecule has 2 amide bonds. The fraction of sp³-hybridized carbons (Fsp3) is 0.500. The first-order chi connectivity index (χ1) is 14.1. The minimum Gasteiger partial charge on any atom is -0.461 e. The van der Waals surface area contributed by atoms with Crippen molar-refractivity contribution in [2.75, 3.05) is 13.1 Å². The third-order valence-electron chi connectivity index (χ3n) is 5.83. The lowest BCUT2D eigenvalue weighted by atomic mass is 9.98. The molecule has 0 radical (unpaired) electrons. The van der Waals surface area contributed by atoms with Crippen LogP contribution in [0.3, 0.4) is 0 Å². The molecule has 1 aliphatic rings. The Kier molecular flexibility index (Phi) is 7.50. The van der Waals surface area contributed by atoms with E-state index in [0.29, 0.717) is 12.8 Å². The molecule has 1 fully saturated rings. The zero-order valence-electron chi connectivity index (χ0n) is 17.5. The molecule has 5 heteroatoms. The Labute approximate surface area is 173 Å². The Bertz CT molecular complexity index is 787. The van der Waals surface area contributed by atoms with Gasteiger partial charge in [0.2, 0.25) is 11.8 Å². The van der Waals surface area contributed by atoms with Crippen LogP contribution in [0.25, 0.3) is 11.3 Å². The van der Waals surface area contributed by atoms with Crippen molar-refractivity contribution in [3.05, 3.63) is 48.2 Å². The molecule has 156 valence electrons. The summed E-state index contributed by atoms with van der Waals surface area (Å²) < 4.78 is 5.87. The Hall–Kier alpha value is -2.56. The maximum atomic E-state index is 12.5. The first-order valence-electron chi connectivity index (χ1n) is 10.8. The maximum absolute atomic E-state index is 12.5. The Morgan fingerprint density at radius 3 is 2.41 bits per heavy atom. The SMILES string of the molecule is CCC(CC)C(=O)N1CCC(NC(=O)CCc2ccc(-c3ccccc3)o2)CC1. The van der Waals surface area contributed by atoms with Crippen LogP contribution in [0.1, 0.15) is 51.7 Å². The van der Waals surface area contributed by atoms with Crippen LogP contribution in [-0.2, 0) is 16.0 Å². The molecule has 1 aliphatic heterocycles. The van der Waals surface area contributed by atoms with Crippen LogP contribution in [0, 0.1) is 5.92 Å². The Balaban J connectivity index is 1.41. The van der Waals surface area contributed by atoms with E-state index < -0.39 is 0 Å². The molecular formula is C24H32N2O3. The van der Waals surface area contributed by atoms with Crippen molar-refractivity contribution in [1.82, 2.24) is 10.2 Å². The predicted octanol–water partition coefficient (Wildman–Crippen LogP) is 4.42. The normalized spacial score (nSPS) is 14.9. The number of rotatable bonds is 8. The molecule has 29 heavy (non-hydrogen) atoms. The summed E-state index contributed by atoms with van der Waals surface area (Å²) in [4.78, 5) is 26.8. The zero-order valence-corrected chi connectivity index (χ0v) is 17.5. The van der Waals surface area contributed by atoms with Crippen molar-refractivity contribution in [2.45, 2.75) is 58.4 Å². The molecule has 2 aromatic rings. The van der Waals surface area contributed by atoms with E-state index in [-0.39, 0.29) is 23.8 Å². The summed E-state index contributed by atoms with van der Waals surface area (Å²) in [6, 6.07) is 14.0. The highest BCUT2D eigenvalue weighted by atomic mass is 16.3. The monoisotopic (exact) mass is 396 g/mol. The number of amides is 2. The summed E-state index contributed by atoms with van der Waals surface area (Å²) >= 11 is 0. The van der Waals surface area contributed by atoms with Gasteiger partial charge < -0.3 is 14.6 Å². The third-order valence-corrected chi connectivity index (χ3v) is 5.83. The summed E-state index contributed by atoms with van der Waals surface area (Å²) in [6.07, 6.45) is 4.45. The number of aryl methyl sites for hydroxylation is 1. The van der Waals surface area contributed by atoms with E-state index in [0.717, 1.165) is 55.9 Å². The van der Waals surface area contributed by atoms with E-state index in [4.69, 9.17) is 4.42 Å². The van der Waals surface area contributed by atoms with Gasteiger partial charge in [-0.15, -0.1) is 0 Å². The first kappa shape index (κ1) is 21.2. The van der Waals surface area contributed by atoms with Gasteiger partial charge >= 0.3 is 0 Å². The highest BCUT2D eigenvalue weighted by Gasteiger charge is 2.27. The van der Waals surface area contributed by atoms with Crippen molar-refractivity contribution < 1.29 is 14.0 Å². The summed E-state index contributed by atoms with van der Waals surface area (Å²) in [5.74, 6) is 2.11. The topological polar surface area (TPSA) is 62.6 Å². The van der Waals surface area contributed by atoms with Crippen molar-refractivity contribution in [3.63, 3.8) is 0 Å². The van der Waals surface area contributed by atoms with Gasteiger partial charge in [0.25, 0.3) is 0 Å². The molecule has 0 spiro atoms. The number of furan rings is 1. The van der Waals surface area contributed by atoms with Crippen LogP contribution in [0.5, 0.6) is 0 Å². The fourth-order valence-electron chi connectivity index (χ4n) is 3.95. The number of carbonyl (C=O) groups excluding carboxylic acids is 2. The molecule has 0 atom stereocenters. The second kappa shape index (κ2) is 10.3. The smallest absolute Gasteiger partial charge is 0.225 e. The van der Waals surface area contributed by atoms with Gasteiger partial charge in [0.15, 0.2) is 0 Å². The first-order valence-corrected chi connectivity index (χ1v) is 10.8. The molecule has 1 saturated heterocycles. The fourth-order valence-corrected chi connectivity index (χ4v) is 3.95. The largest absolute Gasteiger partial charge is 0.461 e. The van der Waals surface area contributed by atoms with Gasteiger partial charge in [0.1, 0.15) is 11.5 Å². The maximum Gasteiger partial charge on any atom is 0.225 e. The van der Waals surface area contributed by atoms with E-state index in [1.165, 1.54) is 0 Å². The summed E-state index contributed by atoms with van der Waals surface area (Å²) in [7, 11) is 0. The molecule has 0 unspecified atom stereocenters. The standard InChI is InChI=1S/C24H32N2O3/c1-3-18(4-2)24(28)26-16-14-20(15-17-26)25-23(27)13-11-21-10-12-22(29-21)19-8-6-5-7-9-19/h5-10,12,18,20H,3-4,11,13-17H2,1-2H3,(H,25,27). The highest BCUT2D eigenvalue weighted by Crippen LogP contribution is 2.22. The second-order valence-corrected chi connectivity index (χ2v) is 7.81. The number of likely N-dealkylation sites (tertiary alicyclic amines) is 1. The molecule has 0 saturated carbocycles. The van der Waals surface area contributed by atoms with Gasteiger partial charge in [-0.05, 0) is 37.8 Å². The van der Waals surface area contributed by atoms with E-state index in [2.05, 4.69) is 19.2 Å². The molecule has 2 heterocycles. The van der Waals surface area contributed by atoms with Gasteiger partial charge in [0, 0.05) is 43.5 Å². The lowest BCUT2D eigenvalue weighted by Crippen LogP contribution is -2.48. The lowest BCUT2D eigenvalue weighted by Gasteiger charge is -2.34. The number of piperidine rings is 1. The number of carbonyl (C=O) groups is 2. The second-order valence-electron chi connectivity index (χ2n) is 7.81. The molecule has 1 aromatic carbocycles. The number of hydrogen-bond acceptors (Lipinski definition) is 3. The van der Waals surface area contributed by atoms with Crippen LogP contribution < -0.4 is 5.32 Å². The van der Waals surface area contributed by atoms with Gasteiger partial charge in [0.05, 0.1) is 0 Å². The minimum atomic E-state index is 0.0485. The summed E-state index contributed by atoms with van der Waals surface area (Å²) in [5.41, 5.74) is 1.04. The van der Waals surface area contributed by atoms with Crippen LogP contribution in [0.4, 0.5) is 0 Å². The van der Waals surface area contributed by atoms with Gasteiger partial charge in [-0.3, -0.25) is 9.59 Å². The Morgan fingerprint density at radius 1 is 1.07 bits per heavy atom. The Morgan fingerprint density at radius 2 is 1.76 bits per heavy atom. The van der Waals surface area contributed by atoms with E-state index >= 15 is 0 Å². The van der Waals surface area contributed by atoms with E-state index in [1.807, 2.05) is 47.4 Å².